The lowest BCUT2D eigenvalue weighted by molar-refractivity contribution is 0.0457. The molecule has 0 saturated heterocycles. The molecule has 0 unspecified atom stereocenters. The zero-order chi connectivity index (χ0) is 21.0. The van der Waals surface area contributed by atoms with E-state index in [1.54, 1.807) is 27.7 Å². The largest absolute Gasteiger partial charge is 0.444 e. The molecule has 0 aliphatic carbocycles. The van der Waals surface area contributed by atoms with Gasteiger partial charge in [-0.05, 0) is 62.3 Å². The topological polar surface area (TPSA) is 106 Å². The van der Waals surface area contributed by atoms with E-state index in [0.29, 0.717) is 13.2 Å². The van der Waals surface area contributed by atoms with Crippen LogP contribution in [0.5, 0.6) is 0 Å². The third-order valence-corrected chi connectivity index (χ3v) is 2.37. The highest BCUT2D eigenvalue weighted by Crippen LogP contribution is 2.07. The molecule has 0 aromatic carbocycles. The highest BCUT2D eigenvalue weighted by atomic mass is 32.1. The van der Waals surface area contributed by atoms with Crippen LogP contribution in [0, 0.1) is 0 Å². The van der Waals surface area contributed by atoms with Crippen LogP contribution in [-0.4, -0.2) is 60.4 Å². The first-order chi connectivity index (χ1) is 11.7. The normalized spacial score (nSPS) is 12.6. The van der Waals surface area contributed by atoms with E-state index >= 15 is 0 Å². The Bertz CT molecular complexity index is 412. The third-order valence-electron chi connectivity index (χ3n) is 2.37. The first-order valence-corrected chi connectivity index (χ1v) is 8.87. The minimum Gasteiger partial charge on any atom is -0.444 e. The molecule has 3 N–H and O–H groups in total. The summed E-state index contributed by atoms with van der Waals surface area (Å²) in [6.45, 7) is 17.4. The van der Waals surface area contributed by atoms with E-state index in [1.807, 2.05) is 34.6 Å². The van der Waals surface area contributed by atoms with Crippen LogP contribution >= 0.6 is 27.0 Å². The molecule has 0 aromatic rings. The standard InChI is InChI=1S/C10H21NO3.C8H17NO3.2H2S/c1-6-13-7-8(2)11-9(12)14-10(3,4)5;1-6(5-10)9-7(11)12-8(2,3)4;;/h8H,6-7H2,1-5H3,(H,11,12);6,10H,5H2,1-4H3,(H,9,11);2*1H2/t8-;6-;;/m00../s1. The van der Waals surface area contributed by atoms with Crippen LogP contribution in [0.15, 0.2) is 0 Å². The zero-order valence-electron chi connectivity index (χ0n) is 18.8. The van der Waals surface area contributed by atoms with Crippen molar-refractivity contribution in [3.63, 3.8) is 0 Å². The molecule has 8 nitrogen and oxygen atoms in total. The van der Waals surface area contributed by atoms with Gasteiger partial charge in [0.1, 0.15) is 11.2 Å². The molecule has 2 atom stereocenters. The molecule has 2 amide bonds. The summed E-state index contributed by atoms with van der Waals surface area (Å²) in [5.41, 5.74) is -0.936. The van der Waals surface area contributed by atoms with Gasteiger partial charge in [0.2, 0.25) is 0 Å². The Balaban J connectivity index is -0.000000194. The summed E-state index contributed by atoms with van der Waals surface area (Å²) < 4.78 is 15.2. The molecule has 0 saturated carbocycles. The van der Waals surface area contributed by atoms with Gasteiger partial charge in [0.25, 0.3) is 0 Å². The van der Waals surface area contributed by atoms with E-state index in [-0.39, 0.29) is 45.7 Å². The van der Waals surface area contributed by atoms with Crippen molar-refractivity contribution < 1.29 is 28.9 Å². The molecule has 0 aliphatic heterocycles. The second-order valence-corrected chi connectivity index (χ2v) is 7.94. The van der Waals surface area contributed by atoms with Crippen molar-refractivity contribution in [1.82, 2.24) is 10.6 Å². The number of amides is 2. The maximum atomic E-state index is 11.2. The Morgan fingerprint density at radius 1 is 0.857 bits per heavy atom. The Morgan fingerprint density at radius 3 is 1.50 bits per heavy atom. The van der Waals surface area contributed by atoms with E-state index in [0.717, 1.165) is 0 Å². The number of alkyl carbamates (subject to hydrolysis) is 2. The lowest BCUT2D eigenvalue weighted by Crippen LogP contribution is -2.39. The Labute approximate surface area is 184 Å². The SMILES string of the molecule is CCOC[C@H](C)NC(=O)OC(C)(C)C.C[C@@H](CO)NC(=O)OC(C)(C)C.S.S. The van der Waals surface area contributed by atoms with Crippen molar-refractivity contribution in [3.05, 3.63) is 0 Å². The molecule has 0 fully saturated rings. The minimum atomic E-state index is -0.496. The summed E-state index contributed by atoms with van der Waals surface area (Å²) in [6.07, 6.45) is -0.895. The van der Waals surface area contributed by atoms with Crippen molar-refractivity contribution >= 4 is 39.2 Å². The van der Waals surface area contributed by atoms with E-state index in [4.69, 9.17) is 19.3 Å². The minimum absolute atomic E-state index is 0. The van der Waals surface area contributed by atoms with Gasteiger partial charge in [-0.2, -0.15) is 27.0 Å². The van der Waals surface area contributed by atoms with Crippen molar-refractivity contribution in [2.45, 2.75) is 85.6 Å². The van der Waals surface area contributed by atoms with Crippen LogP contribution in [0.25, 0.3) is 0 Å². The molecular weight excluding hydrogens is 404 g/mol. The molecular formula is C18H42N2O6S2. The number of carbonyl (C=O) groups excluding carboxylic acids is 2. The molecule has 172 valence electrons. The maximum Gasteiger partial charge on any atom is 0.407 e. The zero-order valence-corrected chi connectivity index (χ0v) is 20.8. The Hall–Kier alpha value is -0.840. The quantitative estimate of drug-likeness (QED) is 0.579. The number of aliphatic hydroxyl groups is 1. The van der Waals surface area contributed by atoms with Gasteiger partial charge in [0.15, 0.2) is 0 Å². The van der Waals surface area contributed by atoms with Crippen molar-refractivity contribution in [2.24, 2.45) is 0 Å². The van der Waals surface area contributed by atoms with Crippen LogP contribution in [0.1, 0.15) is 62.3 Å². The van der Waals surface area contributed by atoms with Gasteiger partial charge >= 0.3 is 12.2 Å². The second kappa shape index (κ2) is 17.1. The molecule has 0 radical (unpaired) electrons. The predicted octanol–water partition coefficient (Wildman–Crippen LogP) is 3.05. The average Bonchev–Trinajstić information content (AvgIpc) is 2.41. The predicted molar refractivity (Wildman–Crippen MR) is 122 cm³/mol. The molecule has 0 spiro atoms. The molecule has 0 heterocycles. The Kier molecular flexibility index (Phi) is 21.1. The van der Waals surface area contributed by atoms with Gasteiger partial charge in [-0.1, -0.05) is 0 Å². The van der Waals surface area contributed by atoms with Gasteiger partial charge in [0, 0.05) is 6.61 Å². The highest BCUT2D eigenvalue weighted by Gasteiger charge is 2.18. The van der Waals surface area contributed by atoms with Crippen LogP contribution in [0.4, 0.5) is 9.59 Å². The number of ether oxygens (including phenoxy) is 3. The molecule has 0 rings (SSSR count). The lowest BCUT2D eigenvalue weighted by atomic mass is 10.2. The van der Waals surface area contributed by atoms with Crippen LogP contribution < -0.4 is 10.6 Å². The number of aliphatic hydroxyl groups excluding tert-OH is 1. The van der Waals surface area contributed by atoms with Gasteiger partial charge in [-0.3, -0.25) is 0 Å². The van der Waals surface area contributed by atoms with Crippen molar-refractivity contribution in [2.75, 3.05) is 19.8 Å². The van der Waals surface area contributed by atoms with Crippen molar-refractivity contribution in [1.29, 1.82) is 0 Å². The van der Waals surface area contributed by atoms with Crippen LogP contribution in [-0.2, 0) is 14.2 Å². The van der Waals surface area contributed by atoms with Crippen molar-refractivity contribution in [3.8, 4) is 0 Å². The molecule has 0 aliphatic rings. The van der Waals surface area contributed by atoms with E-state index in [1.165, 1.54) is 0 Å². The van der Waals surface area contributed by atoms with E-state index < -0.39 is 23.4 Å². The first kappa shape index (κ1) is 34.7. The third kappa shape index (κ3) is 27.4. The van der Waals surface area contributed by atoms with Gasteiger partial charge in [-0.15, -0.1) is 0 Å². The molecule has 0 aromatic heterocycles. The number of nitrogens with one attached hydrogen (secondary N) is 2. The smallest absolute Gasteiger partial charge is 0.407 e. The summed E-state index contributed by atoms with van der Waals surface area (Å²) in [5.74, 6) is 0. The Morgan fingerprint density at radius 2 is 1.21 bits per heavy atom. The number of carbonyl (C=O) groups is 2. The summed E-state index contributed by atoms with van der Waals surface area (Å²) in [6, 6.07) is -0.287. The summed E-state index contributed by atoms with van der Waals surface area (Å²) in [4.78, 5) is 22.2. The van der Waals surface area contributed by atoms with Crippen LogP contribution in [0.2, 0.25) is 0 Å². The van der Waals surface area contributed by atoms with Crippen LogP contribution in [0.3, 0.4) is 0 Å². The number of hydrogen-bond donors (Lipinski definition) is 3. The number of rotatable bonds is 6. The second-order valence-electron chi connectivity index (χ2n) is 7.94. The molecule has 28 heavy (non-hydrogen) atoms. The fourth-order valence-corrected chi connectivity index (χ4v) is 1.40. The summed E-state index contributed by atoms with van der Waals surface area (Å²) in [5, 5.41) is 13.8. The lowest BCUT2D eigenvalue weighted by Gasteiger charge is -2.21. The van der Waals surface area contributed by atoms with Gasteiger partial charge < -0.3 is 30.0 Å². The fraction of sp³-hybridized carbons (Fsp3) is 0.889. The maximum absolute atomic E-state index is 11.2. The van der Waals surface area contributed by atoms with Gasteiger partial charge in [-0.25, -0.2) is 9.59 Å². The monoisotopic (exact) mass is 446 g/mol. The fourth-order valence-electron chi connectivity index (χ4n) is 1.40. The van der Waals surface area contributed by atoms with E-state index in [9.17, 15) is 9.59 Å². The van der Waals surface area contributed by atoms with Gasteiger partial charge in [0.05, 0.1) is 25.3 Å². The number of hydrogen-bond acceptors (Lipinski definition) is 6. The molecule has 0 bridgehead atoms. The highest BCUT2D eigenvalue weighted by molar-refractivity contribution is 7.59. The van der Waals surface area contributed by atoms with E-state index in [2.05, 4.69) is 10.6 Å². The molecule has 10 heteroatoms. The summed E-state index contributed by atoms with van der Waals surface area (Å²) >= 11 is 0. The first-order valence-electron chi connectivity index (χ1n) is 8.87. The average molecular weight is 447 g/mol. The summed E-state index contributed by atoms with van der Waals surface area (Å²) in [7, 11) is 0.